The molecule has 1 unspecified atom stereocenters. The van der Waals surface area contributed by atoms with Crippen molar-refractivity contribution in [3.05, 3.63) is 70.8 Å². The summed E-state index contributed by atoms with van der Waals surface area (Å²) in [6, 6.07) is 10.1. The highest BCUT2D eigenvalue weighted by Crippen LogP contribution is 2.38. The van der Waals surface area contributed by atoms with Gasteiger partial charge in [0.25, 0.3) is 0 Å². The number of fused-ring (bicyclic) bond motifs is 3. The molecule has 1 atom stereocenters. The highest BCUT2D eigenvalue weighted by Gasteiger charge is 2.42. The molecule has 2 heterocycles. The Morgan fingerprint density at radius 2 is 1.75 bits per heavy atom. The van der Waals surface area contributed by atoms with Gasteiger partial charge in [-0.15, -0.1) is 0 Å². The van der Waals surface area contributed by atoms with E-state index < -0.39 is 10.0 Å². The van der Waals surface area contributed by atoms with Crippen LogP contribution in [-0.4, -0.2) is 30.0 Å². The van der Waals surface area contributed by atoms with Crippen LogP contribution in [0.2, 0.25) is 0 Å². The number of halogens is 2. The van der Waals surface area contributed by atoms with Crippen molar-refractivity contribution in [2.75, 3.05) is 12.4 Å². The fourth-order valence-electron chi connectivity index (χ4n) is 3.44. The summed E-state index contributed by atoms with van der Waals surface area (Å²) in [5.74, 6) is -0.677. The average Bonchev–Trinajstić information content (AvgIpc) is 2.85. The number of benzene rings is 2. The van der Waals surface area contributed by atoms with Gasteiger partial charge < -0.3 is 0 Å². The molecule has 1 fully saturated rings. The van der Waals surface area contributed by atoms with Crippen molar-refractivity contribution in [2.24, 2.45) is 0 Å². The van der Waals surface area contributed by atoms with Crippen molar-refractivity contribution in [3.63, 3.8) is 0 Å². The van der Waals surface area contributed by atoms with Crippen molar-refractivity contribution < 1.29 is 17.2 Å². The van der Waals surface area contributed by atoms with E-state index in [1.54, 1.807) is 18.2 Å². The quantitative estimate of drug-likeness (QED) is 0.836. The zero-order chi connectivity index (χ0) is 16.9. The van der Waals surface area contributed by atoms with Crippen LogP contribution in [0.4, 0.5) is 8.78 Å². The molecule has 0 aliphatic carbocycles. The second kappa shape index (κ2) is 5.61. The summed E-state index contributed by atoms with van der Waals surface area (Å²) in [6.07, 6.45) is 0. The molecule has 2 aliphatic rings. The van der Waals surface area contributed by atoms with Gasteiger partial charge in [0, 0.05) is 13.1 Å². The number of sulfonamides is 1. The SMILES string of the molecule is O=S1(=O)CC2c3ccc(F)cc3CN2CN1Cc1ccc(F)cc1. The Morgan fingerprint density at radius 3 is 2.50 bits per heavy atom. The number of rotatable bonds is 2. The molecule has 24 heavy (non-hydrogen) atoms. The van der Waals surface area contributed by atoms with Crippen molar-refractivity contribution in [1.82, 2.24) is 9.21 Å². The molecule has 0 amide bonds. The van der Waals surface area contributed by atoms with Gasteiger partial charge in [-0.1, -0.05) is 18.2 Å². The zero-order valence-corrected chi connectivity index (χ0v) is 13.6. The van der Waals surface area contributed by atoms with Crippen LogP contribution in [0.15, 0.2) is 42.5 Å². The second-order valence-corrected chi connectivity index (χ2v) is 8.28. The molecule has 0 spiro atoms. The predicted octanol–water partition coefficient (Wildman–Crippen LogP) is 2.62. The molecular weight excluding hydrogens is 334 g/mol. The lowest BCUT2D eigenvalue weighted by molar-refractivity contribution is 0.137. The smallest absolute Gasteiger partial charge is 0.217 e. The van der Waals surface area contributed by atoms with E-state index in [1.807, 2.05) is 4.90 Å². The van der Waals surface area contributed by atoms with Crippen molar-refractivity contribution in [3.8, 4) is 0 Å². The summed E-state index contributed by atoms with van der Waals surface area (Å²) in [7, 11) is -3.43. The monoisotopic (exact) mass is 350 g/mol. The summed E-state index contributed by atoms with van der Waals surface area (Å²) < 4.78 is 53.1. The summed E-state index contributed by atoms with van der Waals surface area (Å²) in [4.78, 5) is 2.04. The lowest BCUT2D eigenvalue weighted by Crippen LogP contribution is -2.49. The highest BCUT2D eigenvalue weighted by molar-refractivity contribution is 7.89. The molecule has 4 rings (SSSR count). The van der Waals surface area contributed by atoms with Gasteiger partial charge in [0.1, 0.15) is 11.6 Å². The molecule has 0 bridgehead atoms. The van der Waals surface area contributed by atoms with E-state index in [-0.39, 0.29) is 36.6 Å². The Kier molecular flexibility index (Phi) is 3.67. The van der Waals surface area contributed by atoms with E-state index in [0.717, 1.165) is 16.7 Å². The van der Waals surface area contributed by atoms with Gasteiger partial charge in [-0.2, -0.15) is 4.31 Å². The van der Waals surface area contributed by atoms with Crippen LogP contribution in [0.25, 0.3) is 0 Å². The molecule has 0 radical (unpaired) electrons. The molecule has 0 saturated carbocycles. The fourth-order valence-corrected chi connectivity index (χ4v) is 5.11. The maximum absolute atomic E-state index is 13.4. The van der Waals surface area contributed by atoms with Crippen LogP contribution in [0.3, 0.4) is 0 Å². The van der Waals surface area contributed by atoms with Gasteiger partial charge in [-0.05, 0) is 41.0 Å². The third-order valence-electron chi connectivity index (χ3n) is 4.65. The molecular formula is C17H16F2N2O2S. The Labute approximate surface area is 139 Å². The predicted molar refractivity (Wildman–Crippen MR) is 85.3 cm³/mol. The number of hydrogen-bond donors (Lipinski definition) is 0. The van der Waals surface area contributed by atoms with Gasteiger partial charge in [0.2, 0.25) is 10.0 Å². The molecule has 7 heteroatoms. The molecule has 0 aromatic heterocycles. The van der Waals surface area contributed by atoms with Gasteiger partial charge in [-0.3, -0.25) is 4.90 Å². The fraction of sp³-hybridized carbons (Fsp3) is 0.294. The summed E-state index contributed by atoms with van der Waals surface area (Å²) in [5, 5.41) is 0. The number of hydrogen-bond acceptors (Lipinski definition) is 3. The first-order valence-electron chi connectivity index (χ1n) is 7.67. The summed E-state index contributed by atoms with van der Waals surface area (Å²) in [5.41, 5.74) is 2.47. The zero-order valence-electron chi connectivity index (χ0n) is 12.8. The van der Waals surface area contributed by atoms with E-state index in [1.165, 1.54) is 28.6 Å². The Balaban J connectivity index is 1.59. The summed E-state index contributed by atoms with van der Waals surface area (Å²) >= 11 is 0. The Hall–Kier alpha value is -1.83. The van der Waals surface area contributed by atoms with Crippen LogP contribution in [0.1, 0.15) is 22.7 Å². The van der Waals surface area contributed by atoms with Crippen LogP contribution >= 0.6 is 0 Å². The minimum atomic E-state index is -3.43. The topological polar surface area (TPSA) is 40.6 Å². The minimum Gasteiger partial charge on any atom is -0.277 e. The normalized spacial score (nSPS) is 23.0. The second-order valence-electron chi connectivity index (χ2n) is 6.26. The largest absolute Gasteiger partial charge is 0.277 e. The molecule has 126 valence electrons. The maximum Gasteiger partial charge on any atom is 0.217 e. The highest BCUT2D eigenvalue weighted by atomic mass is 32.2. The van der Waals surface area contributed by atoms with Gasteiger partial charge >= 0.3 is 0 Å². The van der Waals surface area contributed by atoms with E-state index in [0.29, 0.717) is 6.54 Å². The standard InChI is InChI=1S/C17H16F2N2O2S/c18-14-3-1-12(2-4-14)8-21-11-20-9-13-7-15(19)5-6-16(13)17(20)10-24(21,22)23/h1-7,17H,8-11H2. The third kappa shape index (κ3) is 2.72. The van der Waals surface area contributed by atoms with Crippen molar-refractivity contribution in [1.29, 1.82) is 0 Å². The molecule has 2 aliphatic heterocycles. The molecule has 2 aromatic carbocycles. The van der Waals surface area contributed by atoms with Crippen molar-refractivity contribution in [2.45, 2.75) is 19.1 Å². The minimum absolute atomic E-state index is 0.0210. The van der Waals surface area contributed by atoms with E-state index >= 15 is 0 Å². The van der Waals surface area contributed by atoms with Crippen LogP contribution < -0.4 is 0 Å². The van der Waals surface area contributed by atoms with Gasteiger partial charge in [0.05, 0.1) is 18.5 Å². The lowest BCUT2D eigenvalue weighted by Gasteiger charge is -2.37. The van der Waals surface area contributed by atoms with Crippen LogP contribution in [0.5, 0.6) is 0 Å². The number of nitrogens with zero attached hydrogens (tertiary/aromatic N) is 2. The van der Waals surface area contributed by atoms with E-state index in [4.69, 9.17) is 0 Å². The van der Waals surface area contributed by atoms with Crippen LogP contribution in [-0.2, 0) is 23.1 Å². The molecule has 1 saturated heterocycles. The van der Waals surface area contributed by atoms with E-state index in [2.05, 4.69) is 0 Å². The molecule has 4 nitrogen and oxygen atoms in total. The van der Waals surface area contributed by atoms with Crippen LogP contribution in [0, 0.1) is 11.6 Å². The first-order chi connectivity index (χ1) is 11.4. The van der Waals surface area contributed by atoms with E-state index in [9.17, 15) is 17.2 Å². The average molecular weight is 350 g/mol. The van der Waals surface area contributed by atoms with Gasteiger partial charge in [0.15, 0.2) is 0 Å². The first-order valence-corrected chi connectivity index (χ1v) is 9.28. The lowest BCUT2D eigenvalue weighted by atomic mass is 10.1. The van der Waals surface area contributed by atoms with Crippen molar-refractivity contribution >= 4 is 10.0 Å². The third-order valence-corrected chi connectivity index (χ3v) is 6.42. The maximum atomic E-state index is 13.4. The first kappa shape index (κ1) is 15.7. The Bertz CT molecular complexity index is 884. The molecule has 0 N–H and O–H groups in total. The molecule has 2 aromatic rings. The summed E-state index contributed by atoms with van der Waals surface area (Å²) in [6.45, 7) is 0.990. The van der Waals surface area contributed by atoms with Gasteiger partial charge in [-0.25, -0.2) is 17.2 Å². The Morgan fingerprint density at radius 1 is 1.04 bits per heavy atom.